The standard InChI is InChI=1S/C20H15ClF3N3O2/c1-12-9-18(29-11-17(28)26-16-4-2-3-15(21)10-16)27-19(25-12)13-5-7-14(8-6-13)20(22,23)24/h2-10H,11H2,1H3,(H,26,28). The highest BCUT2D eigenvalue weighted by Crippen LogP contribution is 2.30. The molecule has 0 aliphatic rings. The van der Waals surface area contributed by atoms with Crippen LogP contribution in [-0.2, 0) is 11.0 Å². The molecule has 3 aromatic rings. The fourth-order valence-electron chi connectivity index (χ4n) is 2.45. The summed E-state index contributed by atoms with van der Waals surface area (Å²) >= 11 is 5.87. The third-order valence-electron chi connectivity index (χ3n) is 3.76. The van der Waals surface area contributed by atoms with Crippen LogP contribution in [0, 0.1) is 6.92 Å². The van der Waals surface area contributed by atoms with Crippen LogP contribution < -0.4 is 10.1 Å². The Kier molecular flexibility index (Phi) is 6.03. The Morgan fingerprint density at radius 1 is 1.10 bits per heavy atom. The number of hydrogen-bond acceptors (Lipinski definition) is 4. The van der Waals surface area contributed by atoms with Gasteiger partial charge in [0, 0.05) is 28.0 Å². The van der Waals surface area contributed by atoms with Gasteiger partial charge in [-0.2, -0.15) is 18.2 Å². The van der Waals surface area contributed by atoms with Crippen molar-refractivity contribution in [2.24, 2.45) is 0 Å². The van der Waals surface area contributed by atoms with E-state index in [4.69, 9.17) is 16.3 Å². The lowest BCUT2D eigenvalue weighted by molar-refractivity contribution is -0.137. The first-order valence-electron chi connectivity index (χ1n) is 8.42. The molecule has 0 spiro atoms. The van der Waals surface area contributed by atoms with Crippen molar-refractivity contribution in [2.45, 2.75) is 13.1 Å². The van der Waals surface area contributed by atoms with E-state index in [1.807, 2.05) is 0 Å². The van der Waals surface area contributed by atoms with E-state index in [0.717, 1.165) is 12.1 Å². The maximum Gasteiger partial charge on any atom is 0.416 e. The van der Waals surface area contributed by atoms with Crippen LogP contribution in [0.15, 0.2) is 54.6 Å². The summed E-state index contributed by atoms with van der Waals surface area (Å²) < 4.78 is 43.5. The van der Waals surface area contributed by atoms with Crippen LogP contribution in [0.4, 0.5) is 18.9 Å². The molecule has 0 unspecified atom stereocenters. The number of anilines is 1. The van der Waals surface area contributed by atoms with Crippen LogP contribution in [0.1, 0.15) is 11.3 Å². The van der Waals surface area contributed by atoms with Gasteiger partial charge in [0.15, 0.2) is 12.4 Å². The first kappa shape index (κ1) is 20.6. The molecule has 0 fully saturated rings. The van der Waals surface area contributed by atoms with E-state index in [2.05, 4.69) is 15.3 Å². The smallest absolute Gasteiger partial charge is 0.416 e. The summed E-state index contributed by atoms with van der Waals surface area (Å²) in [5.74, 6) is -0.0859. The Morgan fingerprint density at radius 3 is 2.48 bits per heavy atom. The molecule has 0 saturated heterocycles. The molecule has 0 bridgehead atoms. The summed E-state index contributed by atoms with van der Waals surface area (Å²) in [4.78, 5) is 20.4. The fourth-order valence-corrected chi connectivity index (χ4v) is 2.64. The average molecular weight is 422 g/mol. The molecule has 3 rings (SSSR count). The predicted molar refractivity (Wildman–Crippen MR) is 103 cm³/mol. The summed E-state index contributed by atoms with van der Waals surface area (Å²) in [6.07, 6.45) is -4.42. The number of carbonyl (C=O) groups excluding carboxylic acids is 1. The average Bonchev–Trinajstić information content (AvgIpc) is 2.65. The van der Waals surface area contributed by atoms with Crippen molar-refractivity contribution in [3.63, 3.8) is 0 Å². The molecule has 150 valence electrons. The molecule has 1 heterocycles. The summed E-state index contributed by atoms with van der Waals surface area (Å²) in [6, 6.07) is 12.7. The number of nitrogens with zero attached hydrogens (tertiary/aromatic N) is 2. The molecule has 0 radical (unpaired) electrons. The molecule has 0 saturated carbocycles. The van der Waals surface area contributed by atoms with Crippen molar-refractivity contribution >= 4 is 23.2 Å². The quantitative estimate of drug-likeness (QED) is 0.619. The third kappa shape index (κ3) is 5.68. The van der Waals surface area contributed by atoms with Crippen LogP contribution in [-0.4, -0.2) is 22.5 Å². The van der Waals surface area contributed by atoms with E-state index < -0.39 is 17.6 Å². The molecule has 1 N–H and O–H groups in total. The number of nitrogens with one attached hydrogen (secondary N) is 1. The number of ether oxygens (including phenoxy) is 1. The number of amides is 1. The van der Waals surface area contributed by atoms with Crippen molar-refractivity contribution in [3.8, 4) is 17.3 Å². The Hall–Kier alpha value is -3.13. The Balaban J connectivity index is 1.69. The second-order valence-electron chi connectivity index (χ2n) is 6.09. The Morgan fingerprint density at radius 2 is 1.83 bits per heavy atom. The molecule has 1 aromatic heterocycles. The second-order valence-corrected chi connectivity index (χ2v) is 6.53. The van der Waals surface area contributed by atoms with Gasteiger partial charge in [-0.15, -0.1) is 0 Å². The topological polar surface area (TPSA) is 64.1 Å². The fraction of sp³-hybridized carbons (Fsp3) is 0.150. The van der Waals surface area contributed by atoms with E-state index in [9.17, 15) is 18.0 Å². The normalized spacial score (nSPS) is 11.2. The van der Waals surface area contributed by atoms with E-state index in [1.165, 1.54) is 18.2 Å². The molecular formula is C20H15ClF3N3O2. The number of carbonyl (C=O) groups is 1. The lowest BCUT2D eigenvalue weighted by atomic mass is 10.1. The van der Waals surface area contributed by atoms with E-state index in [0.29, 0.717) is 22.0 Å². The van der Waals surface area contributed by atoms with Gasteiger partial charge < -0.3 is 10.1 Å². The Bertz CT molecular complexity index is 1020. The van der Waals surface area contributed by atoms with Gasteiger partial charge in [-0.1, -0.05) is 29.8 Å². The van der Waals surface area contributed by atoms with Crippen LogP contribution in [0.2, 0.25) is 5.02 Å². The number of rotatable bonds is 5. The van der Waals surface area contributed by atoms with Crippen LogP contribution >= 0.6 is 11.6 Å². The van der Waals surface area contributed by atoms with E-state index in [1.54, 1.807) is 31.2 Å². The number of alkyl halides is 3. The van der Waals surface area contributed by atoms with E-state index >= 15 is 0 Å². The predicted octanol–water partition coefficient (Wildman–Crippen LogP) is 5.14. The minimum absolute atomic E-state index is 0.133. The Labute approximate surface area is 169 Å². The highest BCUT2D eigenvalue weighted by Gasteiger charge is 2.30. The third-order valence-corrected chi connectivity index (χ3v) is 4.00. The molecule has 1 amide bonds. The van der Waals surface area contributed by atoms with Gasteiger partial charge in [0.1, 0.15) is 0 Å². The van der Waals surface area contributed by atoms with Gasteiger partial charge in [0.2, 0.25) is 5.88 Å². The van der Waals surface area contributed by atoms with Crippen molar-refractivity contribution in [1.82, 2.24) is 9.97 Å². The van der Waals surface area contributed by atoms with Gasteiger partial charge in [0.25, 0.3) is 5.91 Å². The highest BCUT2D eigenvalue weighted by atomic mass is 35.5. The highest BCUT2D eigenvalue weighted by molar-refractivity contribution is 6.30. The molecule has 0 atom stereocenters. The maximum atomic E-state index is 12.7. The zero-order chi connectivity index (χ0) is 21.0. The van der Waals surface area contributed by atoms with Crippen LogP contribution in [0.3, 0.4) is 0 Å². The van der Waals surface area contributed by atoms with Crippen molar-refractivity contribution in [3.05, 3.63) is 70.9 Å². The van der Waals surface area contributed by atoms with Gasteiger partial charge in [-0.3, -0.25) is 4.79 Å². The van der Waals surface area contributed by atoms with Gasteiger partial charge >= 0.3 is 6.18 Å². The summed E-state index contributed by atoms with van der Waals surface area (Å²) in [7, 11) is 0. The van der Waals surface area contributed by atoms with Gasteiger partial charge in [0.05, 0.1) is 5.56 Å². The van der Waals surface area contributed by atoms with Crippen molar-refractivity contribution in [1.29, 1.82) is 0 Å². The van der Waals surface area contributed by atoms with Gasteiger partial charge in [-0.05, 0) is 37.3 Å². The van der Waals surface area contributed by atoms with Crippen LogP contribution in [0.5, 0.6) is 5.88 Å². The number of aromatic nitrogens is 2. The monoisotopic (exact) mass is 421 g/mol. The summed E-state index contributed by atoms with van der Waals surface area (Å²) in [5, 5.41) is 3.12. The molecule has 0 aliphatic heterocycles. The van der Waals surface area contributed by atoms with Crippen molar-refractivity contribution in [2.75, 3.05) is 11.9 Å². The first-order chi connectivity index (χ1) is 13.7. The molecule has 5 nitrogen and oxygen atoms in total. The molecule has 2 aromatic carbocycles. The number of hydrogen-bond donors (Lipinski definition) is 1. The largest absolute Gasteiger partial charge is 0.467 e. The summed E-state index contributed by atoms with van der Waals surface area (Å²) in [6.45, 7) is 1.38. The lowest BCUT2D eigenvalue weighted by Gasteiger charge is -2.10. The zero-order valence-electron chi connectivity index (χ0n) is 15.1. The SMILES string of the molecule is Cc1cc(OCC(=O)Nc2cccc(Cl)c2)nc(-c2ccc(C(F)(F)F)cc2)n1. The molecule has 0 aliphatic carbocycles. The van der Waals surface area contributed by atoms with Crippen LogP contribution in [0.25, 0.3) is 11.4 Å². The number of aryl methyl sites for hydroxylation is 1. The lowest BCUT2D eigenvalue weighted by Crippen LogP contribution is -2.20. The van der Waals surface area contributed by atoms with Crippen molar-refractivity contribution < 1.29 is 22.7 Å². The molecule has 29 heavy (non-hydrogen) atoms. The maximum absolute atomic E-state index is 12.7. The zero-order valence-corrected chi connectivity index (χ0v) is 15.9. The second kappa shape index (κ2) is 8.48. The molecular weight excluding hydrogens is 407 g/mol. The number of benzene rings is 2. The number of halogens is 4. The van der Waals surface area contributed by atoms with E-state index in [-0.39, 0.29) is 18.3 Å². The summed E-state index contributed by atoms with van der Waals surface area (Å²) in [5.41, 5.74) is 0.702. The minimum Gasteiger partial charge on any atom is -0.467 e. The first-order valence-corrected chi connectivity index (χ1v) is 8.80. The minimum atomic E-state index is -4.42. The van der Waals surface area contributed by atoms with Gasteiger partial charge in [-0.25, -0.2) is 4.98 Å². The molecule has 9 heteroatoms.